The number of fused-ring (bicyclic) bond motifs is 2. The molecule has 4 rings (SSSR count). The molecule has 7 heteroatoms. The summed E-state index contributed by atoms with van der Waals surface area (Å²) in [5.74, 6) is 1.53. The quantitative estimate of drug-likeness (QED) is 0.761. The fourth-order valence-electron chi connectivity index (χ4n) is 4.21. The van der Waals surface area contributed by atoms with Crippen LogP contribution in [-0.2, 0) is 0 Å². The maximum atomic E-state index is 11.8. The topological polar surface area (TPSA) is 84.4 Å². The fraction of sp³-hybridized carbons (Fsp3) is 0.500. The van der Waals surface area contributed by atoms with Crippen molar-refractivity contribution >= 4 is 33.0 Å². The van der Waals surface area contributed by atoms with Crippen LogP contribution in [0.1, 0.15) is 23.7 Å². The molecule has 4 N–H and O–H groups in total. The first kappa shape index (κ1) is 15.0. The van der Waals surface area contributed by atoms with Gasteiger partial charge < -0.3 is 16.4 Å². The molecule has 6 nitrogen and oxygen atoms in total. The molecule has 1 aliphatic heterocycles. The summed E-state index contributed by atoms with van der Waals surface area (Å²) in [5.41, 5.74) is 7.68. The van der Waals surface area contributed by atoms with Gasteiger partial charge in [0.1, 0.15) is 0 Å². The predicted octanol–water partition coefficient (Wildman–Crippen LogP) is 1.85. The second-order valence-electron chi connectivity index (χ2n) is 6.71. The first-order chi connectivity index (χ1) is 11.0. The first-order valence-corrected chi connectivity index (χ1v) is 8.78. The van der Waals surface area contributed by atoms with E-state index >= 15 is 0 Å². The lowest BCUT2D eigenvalue weighted by atomic mass is 9.93. The minimum absolute atomic E-state index is 0.352. The normalized spacial score (nSPS) is 29.8. The molecule has 0 aromatic carbocycles. The highest BCUT2D eigenvalue weighted by Crippen LogP contribution is 2.41. The molecule has 2 aromatic rings. The van der Waals surface area contributed by atoms with E-state index in [-0.39, 0.29) is 0 Å². The second-order valence-corrected chi connectivity index (χ2v) is 7.63. The van der Waals surface area contributed by atoms with Crippen molar-refractivity contribution in [2.45, 2.75) is 19.4 Å². The Labute approximate surface area is 142 Å². The number of nitrogens with one attached hydrogen (secondary N) is 2. The molecule has 4 unspecified atom stereocenters. The Morgan fingerprint density at radius 2 is 2.35 bits per heavy atom. The van der Waals surface area contributed by atoms with E-state index in [4.69, 9.17) is 5.73 Å². The van der Waals surface area contributed by atoms with Crippen LogP contribution in [0.15, 0.2) is 22.9 Å². The first-order valence-electron chi connectivity index (χ1n) is 7.98. The number of nitrogens with zero attached hydrogens (tertiary/aromatic N) is 2. The lowest BCUT2D eigenvalue weighted by molar-refractivity contribution is 0.100. The third-order valence-electron chi connectivity index (χ3n) is 5.46. The number of carbonyl (C=O) groups is 1. The molecule has 1 saturated heterocycles. The number of nitrogens with two attached hydrogens (primary N) is 1. The molecule has 0 spiro atoms. The molecule has 122 valence electrons. The fourth-order valence-corrected chi connectivity index (χ4v) is 4.62. The van der Waals surface area contributed by atoms with Crippen molar-refractivity contribution in [1.82, 2.24) is 14.9 Å². The van der Waals surface area contributed by atoms with Gasteiger partial charge in [-0.05, 0) is 59.3 Å². The molecule has 1 aliphatic carbocycles. The van der Waals surface area contributed by atoms with E-state index < -0.39 is 5.91 Å². The second kappa shape index (κ2) is 5.49. The Morgan fingerprint density at radius 3 is 3.09 bits per heavy atom. The van der Waals surface area contributed by atoms with Gasteiger partial charge in [0.15, 0.2) is 0 Å². The lowest BCUT2D eigenvalue weighted by Gasteiger charge is -2.23. The lowest BCUT2D eigenvalue weighted by Crippen LogP contribution is -2.29. The summed E-state index contributed by atoms with van der Waals surface area (Å²) in [4.78, 5) is 11.8. The van der Waals surface area contributed by atoms with Gasteiger partial charge in [-0.2, -0.15) is 5.10 Å². The van der Waals surface area contributed by atoms with E-state index in [1.807, 2.05) is 12.3 Å². The molecule has 2 aliphatic rings. The van der Waals surface area contributed by atoms with Crippen LogP contribution in [0.25, 0.3) is 5.52 Å². The van der Waals surface area contributed by atoms with Gasteiger partial charge >= 0.3 is 0 Å². The van der Waals surface area contributed by atoms with Gasteiger partial charge in [-0.15, -0.1) is 0 Å². The van der Waals surface area contributed by atoms with E-state index in [2.05, 4.69) is 38.6 Å². The summed E-state index contributed by atoms with van der Waals surface area (Å²) in [7, 11) is 0. The molecule has 23 heavy (non-hydrogen) atoms. The monoisotopic (exact) mass is 377 g/mol. The van der Waals surface area contributed by atoms with Gasteiger partial charge in [-0.3, -0.25) is 4.79 Å². The molecular weight excluding hydrogens is 358 g/mol. The van der Waals surface area contributed by atoms with Crippen LogP contribution >= 0.6 is 15.9 Å². The SMILES string of the molecule is CC1C(Nc2c(C(N)=O)cnn3cc(Br)cc23)CC2CNCC21. The summed E-state index contributed by atoms with van der Waals surface area (Å²) < 4.78 is 2.69. The smallest absolute Gasteiger partial charge is 0.252 e. The van der Waals surface area contributed by atoms with E-state index in [0.29, 0.717) is 23.4 Å². The summed E-state index contributed by atoms with van der Waals surface area (Å²) in [6.07, 6.45) is 4.54. The Bertz CT molecular complexity index is 773. The van der Waals surface area contributed by atoms with Gasteiger partial charge in [0, 0.05) is 16.7 Å². The maximum absolute atomic E-state index is 11.8. The molecule has 1 saturated carbocycles. The third kappa shape index (κ3) is 2.42. The van der Waals surface area contributed by atoms with Crippen molar-refractivity contribution in [3.05, 3.63) is 28.5 Å². The number of rotatable bonds is 3. The van der Waals surface area contributed by atoms with Crippen LogP contribution in [0.2, 0.25) is 0 Å². The minimum atomic E-state index is -0.452. The van der Waals surface area contributed by atoms with Crippen molar-refractivity contribution < 1.29 is 4.79 Å². The number of anilines is 1. The van der Waals surface area contributed by atoms with Crippen molar-refractivity contribution in [2.24, 2.45) is 23.5 Å². The zero-order valence-corrected chi connectivity index (χ0v) is 14.5. The predicted molar refractivity (Wildman–Crippen MR) is 92.5 cm³/mol. The van der Waals surface area contributed by atoms with Gasteiger partial charge in [0.05, 0.1) is 23.0 Å². The third-order valence-corrected chi connectivity index (χ3v) is 5.89. The van der Waals surface area contributed by atoms with Crippen LogP contribution in [0.3, 0.4) is 0 Å². The van der Waals surface area contributed by atoms with E-state index in [1.165, 1.54) is 0 Å². The summed E-state index contributed by atoms with van der Waals surface area (Å²) in [6, 6.07) is 2.31. The molecule has 2 aromatic heterocycles. The molecule has 4 atom stereocenters. The number of hydrogen-bond donors (Lipinski definition) is 3. The number of hydrogen-bond acceptors (Lipinski definition) is 4. The summed E-state index contributed by atoms with van der Waals surface area (Å²) >= 11 is 3.47. The highest BCUT2D eigenvalue weighted by Gasteiger charge is 2.43. The summed E-state index contributed by atoms with van der Waals surface area (Å²) in [6.45, 7) is 4.49. The van der Waals surface area contributed by atoms with Crippen LogP contribution in [0.4, 0.5) is 5.69 Å². The number of carbonyl (C=O) groups excluding carboxylic acids is 1. The van der Waals surface area contributed by atoms with Gasteiger partial charge in [-0.25, -0.2) is 4.52 Å². The van der Waals surface area contributed by atoms with Crippen LogP contribution in [0.5, 0.6) is 0 Å². The Hall–Kier alpha value is -1.60. The van der Waals surface area contributed by atoms with E-state index in [1.54, 1.807) is 10.7 Å². The van der Waals surface area contributed by atoms with E-state index in [9.17, 15) is 4.79 Å². The number of aromatic nitrogens is 2. The van der Waals surface area contributed by atoms with Crippen LogP contribution < -0.4 is 16.4 Å². The largest absolute Gasteiger partial charge is 0.380 e. The number of amides is 1. The number of halogens is 1. The van der Waals surface area contributed by atoms with E-state index in [0.717, 1.165) is 41.1 Å². The molecule has 1 amide bonds. The zero-order chi connectivity index (χ0) is 16.1. The summed E-state index contributed by atoms with van der Waals surface area (Å²) in [5, 5.41) is 11.4. The average molecular weight is 378 g/mol. The van der Waals surface area contributed by atoms with Crippen LogP contribution in [-0.4, -0.2) is 34.7 Å². The van der Waals surface area contributed by atoms with Crippen molar-refractivity contribution in [2.75, 3.05) is 18.4 Å². The zero-order valence-electron chi connectivity index (χ0n) is 12.9. The maximum Gasteiger partial charge on any atom is 0.252 e. The average Bonchev–Trinajstić information content (AvgIpc) is 3.16. The van der Waals surface area contributed by atoms with Crippen molar-refractivity contribution in [3.8, 4) is 0 Å². The number of primary amides is 1. The highest BCUT2D eigenvalue weighted by atomic mass is 79.9. The molecular formula is C16H20BrN5O. The molecule has 0 bridgehead atoms. The minimum Gasteiger partial charge on any atom is -0.380 e. The Balaban J connectivity index is 1.73. The van der Waals surface area contributed by atoms with Gasteiger partial charge in [-0.1, -0.05) is 6.92 Å². The van der Waals surface area contributed by atoms with Crippen molar-refractivity contribution in [1.29, 1.82) is 0 Å². The molecule has 0 radical (unpaired) electrons. The van der Waals surface area contributed by atoms with Gasteiger partial charge in [0.2, 0.25) is 0 Å². The Morgan fingerprint density at radius 1 is 1.52 bits per heavy atom. The molecule has 2 fully saturated rings. The standard InChI is InChI=1S/C16H20BrN5O/c1-8-11-5-19-4-9(11)2-13(8)21-15-12(16(18)23)6-20-22-7-10(17)3-14(15)22/h3,6-9,11,13,19,21H,2,4-5H2,1H3,(H2,18,23). The Kier molecular flexibility index (Phi) is 3.57. The van der Waals surface area contributed by atoms with Gasteiger partial charge in [0.25, 0.3) is 5.91 Å². The highest BCUT2D eigenvalue weighted by molar-refractivity contribution is 9.10. The van der Waals surface area contributed by atoms with Crippen molar-refractivity contribution in [3.63, 3.8) is 0 Å². The van der Waals surface area contributed by atoms with Crippen LogP contribution in [0, 0.1) is 17.8 Å². The molecule has 3 heterocycles.